The van der Waals surface area contributed by atoms with Crippen molar-refractivity contribution in [3.05, 3.63) is 48.3 Å². The van der Waals surface area contributed by atoms with Crippen molar-refractivity contribution in [3.8, 4) is 11.1 Å². The summed E-state index contributed by atoms with van der Waals surface area (Å²) >= 11 is 0. The van der Waals surface area contributed by atoms with Gasteiger partial charge in [0.15, 0.2) is 0 Å². The SMILES string of the molecule is Nc1ccncc1-c1ccc(C(=O)N2CCCCC2)cc1. The molecule has 1 amide bonds. The number of rotatable bonds is 2. The van der Waals surface area contributed by atoms with E-state index in [4.69, 9.17) is 5.73 Å². The average Bonchev–Trinajstić information content (AvgIpc) is 2.56. The maximum atomic E-state index is 12.4. The summed E-state index contributed by atoms with van der Waals surface area (Å²) in [5.41, 5.74) is 9.27. The Balaban J connectivity index is 1.81. The average molecular weight is 281 g/mol. The van der Waals surface area contributed by atoms with E-state index in [9.17, 15) is 4.79 Å². The second-order valence-corrected chi connectivity index (χ2v) is 5.39. The highest BCUT2D eigenvalue weighted by Gasteiger charge is 2.18. The van der Waals surface area contributed by atoms with Crippen LogP contribution in [0.25, 0.3) is 11.1 Å². The molecule has 3 rings (SSSR count). The van der Waals surface area contributed by atoms with E-state index < -0.39 is 0 Å². The number of nitrogens with zero attached hydrogens (tertiary/aromatic N) is 2. The minimum absolute atomic E-state index is 0.125. The molecule has 1 aliphatic heterocycles. The van der Waals surface area contributed by atoms with Gasteiger partial charge in [-0.3, -0.25) is 9.78 Å². The van der Waals surface area contributed by atoms with Crippen LogP contribution in [0.15, 0.2) is 42.7 Å². The van der Waals surface area contributed by atoms with E-state index in [0.717, 1.165) is 42.6 Å². The van der Waals surface area contributed by atoms with E-state index in [1.165, 1.54) is 6.42 Å². The first-order chi connectivity index (χ1) is 10.3. The van der Waals surface area contributed by atoms with Gasteiger partial charge in [-0.15, -0.1) is 0 Å². The zero-order chi connectivity index (χ0) is 14.7. The van der Waals surface area contributed by atoms with Crippen LogP contribution in [0.4, 0.5) is 5.69 Å². The fourth-order valence-corrected chi connectivity index (χ4v) is 2.72. The number of nitrogens with two attached hydrogens (primary N) is 1. The molecule has 2 heterocycles. The summed E-state index contributed by atoms with van der Waals surface area (Å²) in [7, 11) is 0. The molecule has 1 aromatic heterocycles. The maximum Gasteiger partial charge on any atom is 0.253 e. The molecular formula is C17H19N3O. The Morgan fingerprint density at radius 2 is 1.76 bits per heavy atom. The Morgan fingerprint density at radius 1 is 1.05 bits per heavy atom. The van der Waals surface area contributed by atoms with Crippen LogP contribution in [-0.4, -0.2) is 28.9 Å². The molecule has 4 heteroatoms. The van der Waals surface area contributed by atoms with Gasteiger partial charge in [0.25, 0.3) is 5.91 Å². The summed E-state index contributed by atoms with van der Waals surface area (Å²) in [6.45, 7) is 1.74. The van der Waals surface area contributed by atoms with Gasteiger partial charge < -0.3 is 10.6 Å². The van der Waals surface area contributed by atoms with Gasteiger partial charge in [-0.25, -0.2) is 0 Å². The summed E-state index contributed by atoms with van der Waals surface area (Å²) in [6.07, 6.45) is 6.86. The molecule has 0 atom stereocenters. The number of amides is 1. The number of carbonyl (C=O) groups is 1. The second-order valence-electron chi connectivity index (χ2n) is 5.39. The first kappa shape index (κ1) is 13.6. The third-order valence-electron chi connectivity index (χ3n) is 3.94. The molecule has 2 N–H and O–H groups in total. The van der Waals surface area contributed by atoms with Crippen LogP contribution in [-0.2, 0) is 0 Å². The highest BCUT2D eigenvalue weighted by atomic mass is 16.2. The van der Waals surface area contributed by atoms with Crippen LogP contribution >= 0.6 is 0 Å². The normalized spacial score (nSPS) is 15.0. The third kappa shape index (κ3) is 2.89. The number of nitrogen functional groups attached to an aromatic ring is 1. The number of aromatic nitrogens is 1. The highest BCUT2D eigenvalue weighted by molar-refractivity contribution is 5.95. The molecule has 1 aromatic carbocycles. The van der Waals surface area contributed by atoms with Gasteiger partial charge >= 0.3 is 0 Å². The van der Waals surface area contributed by atoms with Gasteiger partial charge in [0.05, 0.1) is 0 Å². The van der Waals surface area contributed by atoms with Gasteiger partial charge in [-0.1, -0.05) is 12.1 Å². The zero-order valence-electron chi connectivity index (χ0n) is 12.0. The van der Waals surface area contributed by atoms with Crippen molar-refractivity contribution in [2.75, 3.05) is 18.8 Å². The third-order valence-corrected chi connectivity index (χ3v) is 3.94. The van der Waals surface area contributed by atoms with Gasteiger partial charge in [0.2, 0.25) is 0 Å². The number of pyridine rings is 1. The highest BCUT2D eigenvalue weighted by Crippen LogP contribution is 2.25. The lowest BCUT2D eigenvalue weighted by molar-refractivity contribution is 0.0724. The molecule has 0 unspecified atom stereocenters. The quantitative estimate of drug-likeness (QED) is 0.920. The van der Waals surface area contributed by atoms with Crippen LogP contribution in [0.3, 0.4) is 0 Å². The molecule has 21 heavy (non-hydrogen) atoms. The van der Waals surface area contributed by atoms with Crippen LogP contribution in [0.1, 0.15) is 29.6 Å². The molecule has 0 spiro atoms. The number of hydrogen-bond acceptors (Lipinski definition) is 3. The number of likely N-dealkylation sites (tertiary alicyclic amines) is 1. The standard InChI is InChI=1S/C17H19N3O/c18-16-8-9-19-12-15(16)13-4-6-14(7-5-13)17(21)20-10-2-1-3-11-20/h4-9,12H,1-3,10-11H2,(H2,18,19). The van der Waals surface area contributed by atoms with E-state index in [0.29, 0.717) is 5.69 Å². The van der Waals surface area contributed by atoms with Crippen molar-refractivity contribution in [1.29, 1.82) is 0 Å². The number of piperidine rings is 1. The first-order valence-electron chi connectivity index (χ1n) is 7.35. The van der Waals surface area contributed by atoms with Crippen LogP contribution in [0.2, 0.25) is 0 Å². The van der Waals surface area contributed by atoms with Crippen molar-refractivity contribution in [2.45, 2.75) is 19.3 Å². The fraction of sp³-hybridized carbons (Fsp3) is 0.294. The van der Waals surface area contributed by atoms with Crippen molar-refractivity contribution in [1.82, 2.24) is 9.88 Å². The van der Waals surface area contributed by atoms with E-state index in [2.05, 4.69) is 4.98 Å². The maximum absolute atomic E-state index is 12.4. The van der Waals surface area contributed by atoms with E-state index in [-0.39, 0.29) is 5.91 Å². The molecule has 0 aliphatic carbocycles. The summed E-state index contributed by atoms with van der Waals surface area (Å²) in [6, 6.07) is 9.40. The number of benzene rings is 1. The summed E-state index contributed by atoms with van der Waals surface area (Å²) in [5, 5.41) is 0. The second kappa shape index (κ2) is 5.95. The van der Waals surface area contributed by atoms with Crippen molar-refractivity contribution in [2.24, 2.45) is 0 Å². The molecule has 1 aliphatic rings. The zero-order valence-corrected chi connectivity index (χ0v) is 12.0. The van der Waals surface area contributed by atoms with Crippen LogP contribution in [0, 0.1) is 0 Å². The number of carbonyl (C=O) groups excluding carboxylic acids is 1. The van der Waals surface area contributed by atoms with Crippen molar-refractivity contribution < 1.29 is 4.79 Å². The molecule has 4 nitrogen and oxygen atoms in total. The Labute approximate surface area is 124 Å². The minimum atomic E-state index is 0.125. The van der Waals surface area contributed by atoms with Crippen molar-refractivity contribution in [3.63, 3.8) is 0 Å². The largest absolute Gasteiger partial charge is 0.398 e. The summed E-state index contributed by atoms with van der Waals surface area (Å²) in [5.74, 6) is 0.125. The molecule has 1 saturated heterocycles. The van der Waals surface area contributed by atoms with E-state index in [1.54, 1.807) is 18.5 Å². The molecule has 1 fully saturated rings. The monoisotopic (exact) mass is 281 g/mol. The van der Waals surface area contributed by atoms with Gasteiger partial charge in [-0.05, 0) is 43.0 Å². The lowest BCUT2D eigenvalue weighted by atomic mass is 10.0. The van der Waals surface area contributed by atoms with Gasteiger partial charge in [0.1, 0.15) is 0 Å². The molecule has 108 valence electrons. The first-order valence-corrected chi connectivity index (χ1v) is 7.35. The topological polar surface area (TPSA) is 59.2 Å². The number of hydrogen-bond donors (Lipinski definition) is 1. The minimum Gasteiger partial charge on any atom is -0.398 e. The van der Waals surface area contributed by atoms with Crippen LogP contribution in [0.5, 0.6) is 0 Å². The van der Waals surface area contributed by atoms with Crippen LogP contribution < -0.4 is 5.73 Å². The molecular weight excluding hydrogens is 262 g/mol. The predicted octanol–water partition coefficient (Wildman–Crippen LogP) is 2.96. The molecule has 0 radical (unpaired) electrons. The Hall–Kier alpha value is -2.36. The smallest absolute Gasteiger partial charge is 0.253 e. The van der Waals surface area contributed by atoms with Crippen molar-refractivity contribution >= 4 is 11.6 Å². The Bertz CT molecular complexity index is 631. The predicted molar refractivity (Wildman–Crippen MR) is 83.8 cm³/mol. The summed E-state index contributed by atoms with van der Waals surface area (Å²) < 4.78 is 0. The fourth-order valence-electron chi connectivity index (χ4n) is 2.72. The molecule has 2 aromatic rings. The summed E-state index contributed by atoms with van der Waals surface area (Å²) in [4.78, 5) is 18.4. The lowest BCUT2D eigenvalue weighted by Gasteiger charge is -2.26. The van der Waals surface area contributed by atoms with E-state index in [1.807, 2.05) is 29.2 Å². The Morgan fingerprint density at radius 3 is 2.43 bits per heavy atom. The molecule has 0 saturated carbocycles. The lowest BCUT2D eigenvalue weighted by Crippen LogP contribution is -2.35. The Kier molecular flexibility index (Phi) is 3.86. The molecule has 0 bridgehead atoms. The number of anilines is 1. The van der Waals surface area contributed by atoms with Gasteiger partial charge in [0, 0.05) is 42.3 Å². The van der Waals surface area contributed by atoms with Gasteiger partial charge in [-0.2, -0.15) is 0 Å². The van der Waals surface area contributed by atoms with E-state index >= 15 is 0 Å².